The standard InChI is InChI=1S/C24H35N3O3/c1-6-29-13-14-30-23-15-18(2)11-12-20(23)17-27-24(25-4)26-16-19(3)21-9-7-8-10-22(21)28-5/h7-12,15,19H,6,13-14,16-17H2,1-5H3,(H2,25,26,27). The van der Waals surface area contributed by atoms with Gasteiger partial charge in [0.05, 0.1) is 13.7 Å². The fourth-order valence-corrected chi connectivity index (χ4v) is 3.13. The van der Waals surface area contributed by atoms with E-state index < -0.39 is 0 Å². The maximum atomic E-state index is 5.93. The molecule has 0 aliphatic carbocycles. The Kier molecular flexibility index (Phi) is 10.0. The quantitative estimate of drug-likeness (QED) is 0.332. The molecule has 0 aliphatic rings. The van der Waals surface area contributed by atoms with Crippen LogP contribution in [0.15, 0.2) is 47.5 Å². The van der Waals surface area contributed by atoms with E-state index in [0.717, 1.165) is 29.6 Å². The number of guanidine groups is 1. The molecule has 2 aromatic carbocycles. The minimum absolute atomic E-state index is 0.275. The highest BCUT2D eigenvalue weighted by Gasteiger charge is 2.12. The van der Waals surface area contributed by atoms with Gasteiger partial charge in [0, 0.05) is 38.2 Å². The third kappa shape index (κ3) is 7.26. The van der Waals surface area contributed by atoms with Crippen LogP contribution in [0, 0.1) is 6.92 Å². The highest BCUT2D eigenvalue weighted by Crippen LogP contribution is 2.25. The molecule has 0 saturated carbocycles. The Bertz CT molecular complexity index is 808. The predicted octanol–water partition coefficient (Wildman–Crippen LogP) is 3.89. The van der Waals surface area contributed by atoms with Gasteiger partial charge in [-0.15, -0.1) is 0 Å². The number of hydrogen-bond acceptors (Lipinski definition) is 4. The van der Waals surface area contributed by atoms with Crippen LogP contribution in [0.1, 0.15) is 36.5 Å². The monoisotopic (exact) mass is 413 g/mol. The number of para-hydroxylation sites is 1. The number of nitrogens with one attached hydrogen (secondary N) is 2. The summed E-state index contributed by atoms with van der Waals surface area (Å²) in [5, 5.41) is 6.78. The van der Waals surface area contributed by atoms with Crippen molar-refractivity contribution in [3.8, 4) is 11.5 Å². The van der Waals surface area contributed by atoms with Crippen molar-refractivity contribution < 1.29 is 14.2 Å². The first-order valence-electron chi connectivity index (χ1n) is 10.5. The summed E-state index contributed by atoms with van der Waals surface area (Å²) in [6, 6.07) is 14.3. The van der Waals surface area contributed by atoms with Gasteiger partial charge in [0.2, 0.25) is 0 Å². The van der Waals surface area contributed by atoms with Crippen LogP contribution in [0.3, 0.4) is 0 Å². The summed E-state index contributed by atoms with van der Waals surface area (Å²) >= 11 is 0. The number of aryl methyl sites for hydroxylation is 1. The zero-order valence-electron chi connectivity index (χ0n) is 18.8. The topological polar surface area (TPSA) is 64.1 Å². The lowest BCUT2D eigenvalue weighted by molar-refractivity contribution is 0.110. The molecular weight excluding hydrogens is 378 g/mol. The minimum atomic E-state index is 0.275. The summed E-state index contributed by atoms with van der Waals surface area (Å²) in [6.07, 6.45) is 0. The SMILES string of the molecule is CCOCCOc1cc(C)ccc1CNC(=NC)NCC(C)c1ccccc1OC. The summed E-state index contributed by atoms with van der Waals surface area (Å²) in [5.41, 5.74) is 3.42. The summed E-state index contributed by atoms with van der Waals surface area (Å²) in [7, 11) is 3.48. The normalized spacial score (nSPS) is 12.4. The van der Waals surface area contributed by atoms with Crippen molar-refractivity contribution in [3.05, 3.63) is 59.2 Å². The molecule has 1 unspecified atom stereocenters. The van der Waals surface area contributed by atoms with Gasteiger partial charge in [-0.3, -0.25) is 4.99 Å². The number of rotatable bonds is 11. The lowest BCUT2D eigenvalue weighted by Crippen LogP contribution is -2.38. The molecule has 0 spiro atoms. The Morgan fingerprint density at radius 2 is 1.87 bits per heavy atom. The highest BCUT2D eigenvalue weighted by molar-refractivity contribution is 5.79. The third-order valence-corrected chi connectivity index (χ3v) is 4.83. The third-order valence-electron chi connectivity index (χ3n) is 4.83. The van der Waals surface area contributed by atoms with Crippen molar-refractivity contribution in [3.63, 3.8) is 0 Å². The molecule has 0 radical (unpaired) electrons. The lowest BCUT2D eigenvalue weighted by Gasteiger charge is -2.19. The van der Waals surface area contributed by atoms with Crippen LogP contribution in [0.4, 0.5) is 0 Å². The first-order valence-corrected chi connectivity index (χ1v) is 10.5. The maximum Gasteiger partial charge on any atom is 0.191 e. The van der Waals surface area contributed by atoms with Crippen LogP contribution < -0.4 is 20.1 Å². The molecule has 164 valence electrons. The van der Waals surface area contributed by atoms with Crippen LogP contribution in [0.25, 0.3) is 0 Å². The lowest BCUT2D eigenvalue weighted by atomic mass is 10.0. The van der Waals surface area contributed by atoms with Gasteiger partial charge in [-0.1, -0.05) is 37.3 Å². The number of methoxy groups -OCH3 is 1. The van der Waals surface area contributed by atoms with E-state index in [1.807, 2.05) is 25.1 Å². The Balaban J connectivity index is 1.92. The van der Waals surface area contributed by atoms with Crippen molar-refractivity contribution in [2.45, 2.75) is 33.2 Å². The fourth-order valence-electron chi connectivity index (χ4n) is 3.13. The van der Waals surface area contributed by atoms with E-state index in [4.69, 9.17) is 14.2 Å². The second-order valence-corrected chi connectivity index (χ2v) is 7.11. The van der Waals surface area contributed by atoms with Gasteiger partial charge in [-0.2, -0.15) is 0 Å². The smallest absolute Gasteiger partial charge is 0.191 e. The second kappa shape index (κ2) is 12.8. The molecule has 0 saturated heterocycles. The molecule has 0 amide bonds. The highest BCUT2D eigenvalue weighted by atomic mass is 16.5. The zero-order valence-corrected chi connectivity index (χ0v) is 18.8. The zero-order chi connectivity index (χ0) is 21.8. The van der Waals surface area contributed by atoms with E-state index in [1.54, 1.807) is 14.2 Å². The van der Waals surface area contributed by atoms with E-state index in [-0.39, 0.29) is 5.92 Å². The number of nitrogens with zero attached hydrogens (tertiary/aromatic N) is 1. The molecule has 6 nitrogen and oxygen atoms in total. The molecule has 6 heteroatoms. The summed E-state index contributed by atoms with van der Waals surface area (Å²) in [5.74, 6) is 2.80. The van der Waals surface area contributed by atoms with E-state index >= 15 is 0 Å². The first-order chi connectivity index (χ1) is 14.6. The van der Waals surface area contributed by atoms with Gasteiger partial charge in [-0.05, 0) is 37.1 Å². The van der Waals surface area contributed by atoms with Gasteiger partial charge >= 0.3 is 0 Å². The fraction of sp³-hybridized carbons (Fsp3) is 0.458. The minimum Gasteiger partial charge on any atom is -0.496 e. The summed E-state index contributed by atoms with van der Waals surface area (Å²) in [6.45, 7) is 9.39. The average Bonchev–Trinajstić information content (AvgIpc) is 2.77. The molecule has 0 aliphatic heterocycles. The van der Waals surface area contributed by atoms with Crippen LogP contribution >= 0.6 is 0 Å². The Morgan fingerprint density at radius 1 is 1.07 bits per heavy atom. The van der Waals surface area contributed by atoms with E-state index in [0.29, 0.717) is 26.4 Å². The molecule has 0 fully saturated rings. The van der Waals surface area contributed by atoms with E-state index in [1.165, 1.54) is 11.1 Å². The Hall–Kier alpha value is -2.73. The molecular formula is C24H35N3O3. The van der Waals surface area contributed by atoms with Crippen LogP contribution in [0.2, 0.25) is 0 Å². The molecule has 0 aromatic heterocycles. The maximum absolute atomic E-state index is 5.93. The molecule has 30 heavy (non-hydrogen) atoms. The summed E-state index contributed by atoms with van der Waals surface area (Å²) in [4.78, 5) is 4.35. The predicted molar refractivity (Wildman–Crippen MR) is 123 cm³/mol. The second-order valence-electron chi connectivity index (χ2n) is 7.11. The number of benzene rings is 2. The van der Waals surface area contributed by atoms with Crippen LogP contribution in [0.5, 0.6) is 11.5 Å². The van der Waals surface area contributed by atoms with Crippen molar-refractivity contribution >= 4 is 5.96 Å². The molecule has 2 rings (SSSR count). The average molecular weight is 414 g/mol. The van der Waals surface area contributed by atoms with Crippen molar-refractivity contribution in [1.29, 1.82) is 0 Å². The van der Waals surface area contributed by atoms with Gasteiger partial charge in [0.25, 0.3) is 0 Å². The van der Waals surface area contributed by atoms with Crippen molar-refractivity contribution in [1.82, 2.24) is 10.6 Å². The van der Waals surface area contributed by atoms with E-state index in [9.17, 15) is 0 Å². The Labute approximate surface area is 180 Å². The van der Waals surface area contributed by atoms with Gasteiger partial charge in [0.15, 0.2) is 5.96 Å². The van der Waals surface area contributed by atoms with E-state index in [2.05, 4.69) is 53.7 Å². The molecule has 0 bridgehead atoms. The van der Waals surface area contributed by atoms with Crippen molar-refractivity contribution in [2.75, 3.05) is 40.5 Å². The Morgan fingerprint density at radius 3 is 2.60 bits per heavy atom. The van der Waals surface area contributed by atoms with Gasteiger partial charge in [0.1, 0.15) is 18.1 Å². The summed E-state index contributed by atoms with van der Waals surface area (Å²) < 4.78 is 16.8. The number of hydrogen-bond donors (Lipinski definition) is 2. The number of aliphatic imine (C=N–C) groups is 1. The number of ether oxygens (including phenoxy) is 3. The largest absolute Gasteiger partial charge is 0.496 e. The van der Waals surface area contributed by atoms with Crippen LogP contribution in [-0.2, 0) is 11.3 Å². The van der Waals surface area contributed by atoms with Crippen molar-refractivity contribution in [2.24, 2.45) is 4.99 Å². The molecule has 1 atom stereocenters. The van der Waals surface area contributed by atoms with Gasteiger partial charge in [-0.25, -0.2) is 0 Å². The first kappa shape index (κ1) is 23.5. The van der Waals surface area contributed by atoms with Gasteiger partial charge < -0.3 is 24.8 Å². The van der Waals surface area contributed by atoms with Crippen LogP contribution in [-0.4, -0.2) is 46.5 Å². The molecule has 2 aromatic rings. The molecule has 0 heterocycles. The molecule has 2 N–H and O–H groups in total.